The second-order valence-electron chi connectivity index (χ2n) is 5.98. The van der Waals surface area contributed by atoms with Crippen molar-refractivity contribution in [1.82, 2.24) is 28.9 Å². The van der Waals surface area contributed by atoms with Crippen molar-refractivity contribution in [3.8, 4) is 11.4 Å². The van der Waals surface area contributed by atoms with Gasteiger partial charge in [0.2, 0.25) is 0 Å². The normalized spacial score (nSPS) is 11.3. The van der Waals surface area contributed by atoms with Gasteiger partial charge in [-0.25, -0.2) is 9.97 Å². The highest BCUT2D eigenvalue weighted by molar-refractivity contribution is 5.83. The first-order valence-corrected chi connectivity index (χ1v) is 8.08. The maximum Gasteiger partial charge on any atom is 0.261 e. The van der Waals surface area contributed by atoms with Gasteiger partial charge in [-0.2, -0.15) is 5.10 Å². The largest absolute Gasteiger partial charge is 0.330 e. The molecule has 0 aliphatic rings. The van der Waals surface area contributed by atoms with Crippen LogP contribution in [0.3, 0.4) is 0 Å². The summed E-state index contributed by atoms with van der Waals surface area (Å²) in [5, 5.41) is 5.10. The molecule has 0 atom stereocenters. The van der Waals surface area contributed by atoms with Crippen molar-refractivity contribution in [2.75, 3.05) is 0 Å². The third kappa shape index (κ3) is 2.63. The molecule has 0 saturated carbocycles. The summed E-state index contributed by atoms with van der Waals surface area (Å²) >= 11 is 0. The van der Waals surface area contributed by atoms with E-state index in [4.69, 9.17) is 0 Å². The topological polar surface area (TPSA) is 70.5 Å². The fourth-order valence-electron chi connectivity index (χ4n) is 3.08. The number of fused-ring (bicyclic) bond motifs is 1. The van der Waals surface area contributed by atoms with Crippen molar-refractivity contribution in [3.05, 3.63) is 65.2 Å². The summed E-state index contributed by atoms with van der Waals surface area (Å²) < 4.78 is 5.41. The van der Waals surface area contributed by atoms with Crippen molar-refractivity contribution in [2.24, 2.45) is 14.1 Å². The van der Waals surface area contributed by atoms with Gasteiger partial charge in [0.1, 0.15) is 18.0 Å². The number of para-hydroxylation sites is 1. The number of imidazole rings is 1. The predicted molar refractivity (Wildman–Crippen MR) is 95.1 cm³/mol. The first-order chi connectivity index (χ1) is 12.1. The molecule has 1 aromatic carbocycles. The summed E-state index contributed by atoms with van der Waals surface area (Å²) in [6, 6.07) is 9.77. The average Bonchev–Trinajstić information content (AvgIpc) is 3.25. The van der Waals surface area contributed by atoms with Crippen LogP contribution in [0.15, 0.2) is 53.8 Å². The molecule has 0 N–H and O–H groups in total. The number of hydrogen-bond donors (Lipinski definition) is 0. The summed E-state index contributed by atoms with van der Waals surface area (Å²) in [5.41, 5.74) is 1.46. The van der Waals surface area contributed by atoms with E-state index in [-0.39, 0.29) is 5.56 Å². The van der Waals surface area contributed by atoms with E-state index in [9.17, 15) is 4.79 Å². The molecule has 3 aromatic heterocycles. The second-order valence-corrected chi connectivity index (χ2v) is 5.98. The van der Waals surface area contributed by atoms with Crippen LogP contribution in [-0.4, -0.2) is 28.9 Å². The monoisotopic (exact) mass is 334 g/mol. The Labute approximate surface area is 144 Å². The number of hydrogen-bond acceptors (Lipinski definition) is 4. The van der Waals surface area contributed by atoms with Crippen LogP contribution in [0.4, 0.5) is 0 Å². The smallest absolute Gasteiger partial charge is 0.261 e. The quantitative estimate of drug-likeness (QED) is 0.570. The SMILES string of the molecule is Cn1ncnc1CCn1ccnc1-c1cc2ccccc2n(C)c1=O. The Morgan fingerprint density at radius 1 is 1.12 bits per heavy atom. The molecule has 0 bridgehead atoms. The Hall–Kier alpha value is -3.22. The molecule has 0 saturated heterocycles. The van der Waals surface area contributed by atoms with Crippen LogP contribution < -0.4 is 5.56 Å². The molecule has 4 rings (SSSR count). The van der Waals surface area contributed by atoms with Gasteiger partial charge in [0, 0.05) is 39.5 Å². The Morgan fingerprint density at radius 2 is 1.96 bits per heavy atom. The number of pyridine rings is 1. The predicted octanol–water partition coefficient (Wildman–Crippen LogP) is 1.77. The van der Waals surface area contributed by atoms with Crippen molar-refractivity contribution < 1.29 is 0 Å². The molecule has 0 aliphatic carbocycles. The Morgan fingerprint density at radius 3 is 2.76 bits per heavy atom. The number of aromatic nitrogens is 6. The zero-order valence-electron chi connectivity index (χ0n) is 14.1. The Kier molecular flexibility index (Phi) is 3.68. The van der Waals surface area contributed by atoms with Gasteiger partial charge in [-0.15, -0.1) is 0 Å². The molecule has 0 amide bonds. The lowest BCUT2D eigenvalue weighted by Gasteiger charge is -2.11. The van der Waals surface area contributed by atoms with E-state index < -0.39 is 0 Å². The molecule has 0 aliphatic heterocycles. The van der Waals surface area contributed by atoms with Crippen LogP contribution in [0.5, 0.6) is 0 Å². The molecule has 0 unspecified atom stereocenters. The van der Waals surface area contributed by atoms with Gasteiger partial charge < -0.3 is 9.13 Å². The zero-order valence-corrected chi connectivity index (χ0v) is 14.1. The Bertz CT molecular complexity index is 1100. The molecule has 7 heteroatoms. The van der Waals surface area contributed by atoms with Crippen LogP contribution in [-0.2, 0) is 27.1 Å². The standard InChI is InChI=1S/C18H18N6O/c1-22-15-6-4-3-5-13(15)11-14(18(22)25)17-19-8-10-24(17)9-7-16-20-12-21-23(16)2/h3-6,8,10-12H,7,9H2,1-2H3. The highest BCUT2D eigenvalue weighted by atomic mass is 16.1. The lowest BCUT2D eigenvalue weighted by molar-refractivity contribution is 0.629. The van der Waals surface area contributed by atoms with Gasteiger partial charge in [-0.3, -0.25) is 9.48 Å². The lowest BCUT2D eigenvalue weighted by atomic mass is 10.1. The third-order valence-electron chi connectivity index (χ3n) is 4.47. The van der Waals surface area contributed by atoms with Gasteiger partial charge in [-0.1, -0.05) is 18.2 Å². The van der Waals surface area contributed by atoms with E-state index in [1.54, 1.807) is 28.8 Å². The third-order valence-corrected chi connectivity index (χ3v) is 4.47. The van der Waals surface area contributed by atoms with Crippen molar-refractivity contribution in [2.45, 2.75) is 13.0 Å². The van der Waals surface area contributed by atoms with Gasteiger partial charge in [0.05, 0.1) is 11.1 Å². The van der Waals surface area contributed by atoms with Gasteiger partial charge in [-0.05, 0) is 17.5 Å². The van der Waals surface area contributed by atoms with Gasteiger partial charge in [0.15, 0.2) is 0 Å². The molecule has 0 fully saturated rings. The molecule has 0 radical (unpaired) electrons. The minimum Gasteiger partial charge on any atom is -0.330 e. The molecule has 126 valence electrons. The van der Waals surface area contributed by atoms with E-state index in [0.717, 1.165) is 16.7 Å². The zero-order chi connectivity index (χ0) is 17.4. The molecule has 0 spiro atoms. The van der Waals surface area contributed by atoms with Crippen LogP contribution >= 0.6 is 0 Å². The lowest BCUT2D eigenvalue weighted by Crippen LogP contribution is -2.20. The molecule has 3 heterocycles. The minimum absolute atomic E-state index is 0.0511. The van der Waals surface area contributed by atoms with Crippen molar-refractivity contribution >= 4 is 10.9 Å². The summed E-state index contributed by atoms with van der Waals surface area (Å²) in [5.74, 6) is 1.57. The molecular weight excluding hydrogens is 316 g/mol. The van der Waals surface area contributed by atoms with E-state index >= 15 is 0 Å². The van der Waals surface area contributed by atoms with Gasteiger partial charge >= 0.3 is 0 Å². The maximum absolute atomic E-state index is 12.8. The maximum atomic E-state index is 12.8. The molecular formula is C18H18N6O. The fourth-order valence-corrected chi connectivity index (χ4v) is 3.08. The molecule has 4 aromatic rings. The van der Waals surface area contributed by atoms with Crippen molar-refractivity contribution in [3.63, 3.8) is 0 Å². The van der Waals surface area contributed by atoms with Crippen LogP contribution in [0.2, 0.25) is 0 Å². The van der Waals surface area contributed by atoms with E-state index in [2.05, 4.69) is 15.1 Å². The van der Waals surface area contributed by atoms with Crippen LogP contribution in [0.1, 0.15) is 5.82 Å². The second kappa shape index (κ2) is 6.01. The summed E-state index contributed by atoms with van der Waals surface area (Å²) in [6.07, 6.45) is 5.87. The highest BCUT2D eigenvalue weighted by Crippen LogP contribution is 2.19. The first-order valence-electron chi connectivity index (χ1n) is 8.08. The Balaban J connectivity index is 1.75. The summed E-state index contributed by atoms with van der Waals surface area (Å²) in [7, 11) is 3.66. The van der Waals surface area contributed by atoms with Gasteiger partial charge in [0.25, 0.3) is 5.56 Å². The van der Waals surface area contributed by atoms with Crippen LogP contribution in [0.25, 0.3) is 22.3 Å². The number of nitrogens with zero attached hydrogens (tertiary/aromatic N) is 6. The number of aryl methyl sites for hydroxylation is 4. The van der Waals surface area contributed by atoms with Crippen molar-refractivity contribution in [1.29, 1.82) is 0 Å². The van der Waals surface area contributed by atoms with Crippen LogP contribution in [0, 0.1) is 0 Å². The molecule has 7 nitrogen and oxygen atoms in total. The summed E-state index contributed by atoms with van der Waals surface area (Å²) in [6.45, 7) is 0.678. The summed E-state index contributed by atoms with van der Waals surface area (Å²) in [4.78, 5) is 21.5. The van der Waals surface area contributed by atoms with E-state index in [0.29, 0.717) is 24.4 Å². The number of benzene rings is 1. The van der Waals surface area contributed by atoms with E-state index in [1.165, 1.54) is 0 Å². The highest BCUT2D eigenvalue weighted by Gasteiger charge is 2.14. The first kappa shape index (κ1) is 15.3. The number of rotatable bonds is 4. The fraction of sp³-hybridized carbons (Fsp3) is 0.222. The minimum atomic E-state index is -0.0511. The van der Waals surface area contributed by atoms with E-state index in [1.807, 2.05) is 48.1 Å². The molecule has 25 heavy (non-hydrogen) atoms. The average molecular weight is 334 g/mol.